The van der Waals surface area contributed by atoms with Gasteiger partial charge in [0.05, 0.1) is 5.69 Å². The summed E-state index contributed by atoms with van der Waals surface area (Å²) in [5, 5.41) is 6.63. The highest BCUT2D eigenvalue weighted by Gasteiger charge is 2.18. The van der Waals surface area contributed by atoms with Gasteiger partial charge in [0.25, 0.3) is 5.91 Å². The van der Waals surface area contributed by atoms with E-state index in [-0.39, 0.29) is 10.9 Å². The number of hydrogen-bond donors (Lipinski definition) is 1. The summed E-state index contributed by atoms with van der Waals surface area (Å²) < 4.78 is 45.0. The fourth-order valence-corrected chi connectivity index (χ4v) is 3.52. The summed E-state index contributed by atoms with van der Waals surface area (Å²) in [5.41, 5.74) is 1.61. The van der Waals surface area contributed by atoms with Crippen molar-refractivity contribution in [3.63, 3.8) is 0 Å². The first kappa shape index (κ1) is 18.9. The van der Waals surface area contributed by atoms with E-state index in [1.807, 2.05) is 0 Å². The van der Waals surface area contributed by atoms with E-state index in [0.717, 1.165) is 12.1 Å². The average Bonchev–Trinajstić information content (AvgIpc) is 3.31. The van der Waals surface area contributed by atoms with E-state index in [1.54, 1.807) is 13.0 Å². The lowest BCUT2D eigenvalue weighted by Crippen LogP contribution is -2.10. The zero-order chi connectivity index (χ0) is 20.5. The summed E-state index contributed by atoms with van der Waals surface area (Å²) in [6, 6.07) is 10.6. The highest BCUT2D eigenvalue weighted by molar-refractivity contribution is 7.16. The van der Waals surface area contributed by atoms with E-state index in [0.29, 0.717) is 27.4 Å². The number of halogens is 3. The van der Waals surface area contributed by atoms with Crippen LogP contribution in [0.2, 0.25) is 0 Å². The second-order valence-electron chi connectivity index (χ2n) is 6.09. The van der Waals surface area contributed by atoms with E-state index in [4.69, 9.17) is 4.52 Å². The summed E-state index contributed by atoms with van der Waals surface area (Å²) in [6.45, 7) is 1.75. The zero-order valence-corrected chi connectivity index (χ0v) is 15.7. The molecule has 29 heavy (non-hydrogen) atoms. The summed E-state index contributed by atoms with van der Waals surface area (Å²) in [7, 11) is 0. The molecule has 0 spiro atoms. The molecule has 2 heterocycles. The predicted molar refractivity (Wildman–Crippen MR) is 102 cm³/mol. The van der Waals surface area contributed by atoms with Crippen molar-refractivity contribution < 1.29 is 22.5 Å². The molecule has 4 rings (SSSR count). The quantitative estimate of drug-likeness (QED) is 0.482. The lowest BCUT2D eigenvalue weighted by atomic mass is 10.1. The number of aromatic nitrogens is 2. The summed E-state index contributed by atoms with van der Waals surface area (Å²) in [4.78, 5) is 17.4. The van der Waals surface area contributed by atoms with Crippen molar-refractivity contribution in [1.82, 2.24) is 10.1 Å². The molecule has 0 atom stereocenters. The molecule has 0 saturated heterocycles. The Morgan fingerprint density at radius 2 is 1.86 bits per heavy atom. The zero-order valence-electron chi connectivity index (χ0n) is 14.9. The van der Waals surface area contributed by atoms with Crippen molar-refractivity contribution in [2.75, 3.05) is 5.32 Å². The van der Waals surface area contributed by atoms with Gasteiger partial charge in [-0.05, 0) is 37.3 Å². The molecule has 2 aromatic carbocycles. The highest BCUT2D eigenvalue weighted by Crippen LogP contribution is 2.31. The molecule has 0 radical (unpaired) electrons. The maximum atomic E-state index is 13.5. The van der Waals surface area contributed by atoms with Crippen LogP contribution in [0, 0.1) is 24.4 Å². The van der Waals surface area contributed by atoms with E-state index in [2.05, 4.69) is 15.5 Å². The number of amides is 1. The Labute approximate surface area is 166 Å². The molecule has 1 amide bonds. The molecule has 2 aromatic heterocycles. The minimum absolute atomic E-state index is 0.0773. The van der Waals surface area contributed by atoms with E-state index in [9.17, 15) is 18.0 Å². The molecular weight excluding hydrogens is 403 g/mol. The van der Waals surface area contributed by atoms with Gasteiger partial charge in [-0.25, -0.2) is 18.2 Å². The van der Waals surface area contributed by atoms with Crippen LogP contribution in [0.25, 0.3) is 22.5 Å². The fourth-order valence-electron chi connectivity index (χ4n) is 2.69. The third-order valence-electron chi connectivity index (χ3n) is 4.06. The normalized spacial score (nSPS) is 10.9. The molecule has 5 nitrogen and oxygen atoms in total. The van der Waals surface area contributed by atoms with Gasteiger partial charge in [0.15, 0.2) is 16.8 Å². The topological polar surface area (TPSA) is 68.0 Å². The molecule has 0 bridgehead atoms. The number of rotatable bonds is 4. The first-order valence-electron chi connectivity index (χ1n) is 8.37. The van der Waals surface area contributed by atoms with Crippen LogP contribution in [0.5, 0.6) is 0 Å². The second-order valence-corrected chi connectivity index (χ2v) is 7.30. The molecule has 0 fully saturated rings. The van der Waals surface area contributed by atoms with Crippen molar-refractivity contribution in [1.29, 1.82) is 0 Å². The third kappa shape index (κ3) is 3.90. The number of hydrogen-bond acceptors (Lipinski definition) is 5. The van der Waals surface area contributed by atoms with Crippen LogP contribution >= 0.6 is 11.3 Å². The van der Waals surface area contributed by atoms with E-state index >= 15 is 0 Å². The van der Waals surface area contributed by atoms with Gasteiger partial charge < -0.3 is 4.52 Å². The maximum absolute atomic E-state index is 13.5. The van der Waals surface area contributed by atoms with Crippen LogP contribution in [0.1, 0.15) is 15.4 Å². The predicted octanol–water partition coefficient (Wildman–Crippen LogP) is 5.44. The molecule has 4 aromatic rings. The van der Waals surface area contributed by atoms with Gasteiger partial charge in [0, 0.05) is 22.1 Å². The Hall–Kier alpha value is -3.46. The van der Waals surface area contributed by atoms with Gasteiger partial charge in [-0.1, -0.05) is 17.3 Å². The molecule has 0 aliphatic rings. The monoisotopic (exact) mass is 415 g/mol. The number of benzene rings is 2. The van der Waals surface area contributed by atoms with Gasteiger partial charge in [-0.3, -0.25) is 10.1 Å². The largest absolute Gasteiger partial charge is 0.350 e. The average molecular weight is 415 g/mol. The number of carbonyl (C=O) groups is 1. The minimum atomic E-state index is -0.980. The molecule has 146 valence electrons. The van der Waals surface area contributed by atoms with Crippen LogP contribution in [0.4, 0.5) is 18.3 Å². The number of anilines is 1. The van der Waals surface area contributed by atoms with Crippen LogP contribution in [-0.2, 0) is 0 Å². The Kier molecular flexibility index (Phi) is 4.89. The number of nitrogens with zero attached hydrogens (tertiary/aromatic N) is 2. The molecular formula is C20H12F3N3O2S. The highest BCUT2D eigenvalue weighted by atomic mass is 32.1. The molecule has 0 unspecified atom stereocenters. The van der Waals surface area contributed by atoms with Gasteiger partial charge in [0.1, 0.15) is 11.5 Å². The standard InChI is InChI=1S/C20H12F3N3O2S/c1-10-18(12-5-6-14(22)15(23)8-12)24-20(29-10)25-19(27)17-9-16(26-28-17)11-3-2-4-13(21)7-11/h2-9H,1H3,(H,24,25,27). The summed E-state index contributed by atoms with van der Waals surface area (Å²) in [5.74, 6) is -3.03. The lowest BCUT2D eigenvalue weighted by molar-refractivity contribution is 0.0988. The van der Waals surface area contributed by atoms with Crippen LogP contribution in [0.3, 0.4) is 0 Å². The lowest BCUT2D eigenvalue weighted by Gasteiger charge is -2.00. The third-order valence-corrected chi connectivity index (χ3v) is 4.95. The van der Waals surface area contributed by atoms with Crippen molar-refractivity contribution in [3.05, 3.63) is 76.6 Å². The number of carbonyl (C=O) groups excluding carboxylic acids is 1. The van der Waals surface area contributed by atoms with Crippen molar-refractivity contribution in [2.24, 2.45) is 0 Å². The first-order chi connectivity index (χ1) is 13.9. The second kappa shape index (κ2) is 7.51. The number of aryl methyl sites for hydroxylation is 1. The smallest absolute Gasteiger partial charge is 0.296 e. The van der Waals surface area contributed by atoms with Crippen molar-refractivity contribution >= 4 is 22.4 Å². The molecule has 9 heteroatoms. The van der Waals surface area contributed by atoms with Crippen molar-refractivity contribution in [2.45, 2.75) is 6.92 Å². The molecule has 1 N–H and O–H groups in total. The Bertz CT molecular complexity index is 1220. The molecule has 0 saturated carbocycles. The summed E-state index contributed by atoms with van der Waals surface area (Å²) >= 11 is 1.18. The Balaban J connectivity index is 1.54. The Morgan fingerprint density at radius 1 is 1.03 bits per heavy atom. The van der Waals surface area contributed by atoms with Crippen LogP contribution in [0.15, 0.2) is 53.1 Å². The van der Waals surface area contributed by atoms with Gasteiger partial charge in [-0.15, -0.1) is 11.3 Å². The van der Waals surface area contributed by atoms with Gasteiger partial charge in [0.2, 0.25) is 5.76 Å². The summed E-state index contributed by atoms with van der Waals surface area (Å²) in [6.07, 6.45) is 0. The SMILES string of the molecule is Cc1sc(NC(=O)c2cc(-c3cccc(F)c3)no2)nc1-c1ccc(F)c(F)c1. The molecule has 0 aliphatic heterocycles. The van der Waals surface area contributed by atoms with E-state index in [1.165, 1.54) is 41.7 Å². The minimum Gasteiger partial charge on any atom is -0.350 e. The maximum Gasteiger partial charge on any atom is 0.296 e. The first-order valence-corrected chi connectivity index (χ1v) is 9.19. The fraction of sp³-hybridized carbons (Fsp3) is 0.0500. The van der Waals surface area contributed by atoms with Crippen molar-refractivity contribution in [3.8, 4) is 22.5 Å². The number of nitrogens with one attached hydrogen (secondary N) is 1. The van der Waals surface area contributed by atoms with E-state index < -0.39 is 23.4 Å². The van der Waals surface area contributed by atoms with Crippen LogP contribution in [-0.4, -0.2) is 16.0 Å². The van der Waals surface area contributed by atoms with Gasteiger partial charge in [-0.2, -0.15) is 0 Å². The van der Waals surface area contributed by atoms with Gasteiger partial charge >= 0.3 is 0 Å². The Morgan fingerprint density at radius 3 is 2.62 bits per heavy atom. The van der Waals surface area contributed by atoms with Crippen LogP contribution < -0.4 is 5.32 Å². The number of thiazole rings is 1. The molecule has 0 aliphatic carbocycles.